The molecule has 4 heteroatoms. The van der Waals surface area contributed by atoms with Crippen LogP contribution in [0.4, 0.5) is 0 Å². The molecule has 1 saturated heterocycles. The lowest BCUT2D eigenvalue weighted by molar-refractivity contribution is -0.146. The van der Waals surface area contributed by atoms with Gasteiger partial charge in [-0.05, 0) is 13.3 Å². The summed E-state index contributed by atoms with van der Waals surface area (Å²) in [6, 6.07) is 0. The van der Waals surface area contributed by atoms with Gasteiger partial charge in [-0.25, -0.2) is 0 Å². The number of hydrogen-bond acceptors (Lipinski definition) is 4. The Morgan fingerprint density at radius 3 is 2.86 bits per heavy atom. The van der Waals surface area contributed by atoms with Gasteiger partial charge in [-0.1, -0.05) is 12.2 Å². The van der Waals surface area contributed by atoms with Crippen LogP contribution in [0.15, 0.2) is 12.2 Å². The normalized spacial score (nSPS) is 38.7. The van der Waals surface area contributed by atoms with E-state index in [-0.39, 0.29) is 24.3 Å². The third kappa shape index (κ3) is 1.81. The number of carbonyl (C=O) groups excluding carboxylic acids is 1. The van der Waals surface area contributed by atoms with E-state index in [2.05, 4.69) is 0 Å². The predicted molar refractivity (Wildman–Crippen MR) is 48.6 cm³/mol. The van der Waals surface area contributed by atoms with Crippen LogP contribution >= 0.6 is 0 Å². The first-order chi connectivity index (χ1) is 6.66. The van der Waals surface area contributed by atoms with Crippen LogP contribution in [-0.4, -0.2) is 35.5 Å². The molecule has 1 N–H and O–H groups in total. The number of ether oxygens (including phenoxy) is 2. The van der Waals surface area contributed by atoms with Crippen LogP contribution in [0, 0.1) is 0 Å². The SMILES string of the molecule is CC(O)[C@H]1C=C[C@@H](C2CCC(=O)O2)O1. The van der Waals surface area contributed by atoms with E-state index in [0.29, 0.717) is 12.8 Å². The molecule has 4 nitrogen and oxygen atoms in total. The summed E-state index contributed by atoms with van der Waals surface area (Å²) in [7, 11) is 0. The fraction of sp³-hybridized carbons (Fsp3) is 0.700. The van der Waals surface area contributed by atoms with Gasteiger partial charge in [0.2, 0.25) is 0 Å². The maximum absolute atomic E-state index is 10.9. The van der Waals surface area contributed by atoms with E-state index in [1.165, 1.54) is 0 Å². The first kappa shape index (κ1) is 9.68. The minimum Gasteiger partial charge on any atom is -0.459 e. The summed E-state index contributed by atoms with van der Waals surface area (Å²) in [6.45, 7) is 1.68. The van der Waals surface area contributed by atoms with Crippen LogP contribution < -0.4 is 0 Å². The molecule has 2 aliphatic heterocycles. The molecule has 0 aliphatic carbocycles. The lowest BCUT2D eigenvalue weighted by atomic mass is 10.1. The lowest BCUT2D eigenvalue weighted by Crippen LogP contribution is -2.30. The van der Waals surface area contributed by atoms with E-state index in [9.17, 15) is 9.90 Å². The maximum Gasteiger partial charge on any atom is 0.306 e. The number of aliphatic hydroxyl groups excluding tert-OH is 1. The summed E-state index contributed by atoms with van der Waals surface area (Å²) >= 11 is 0. The Morgan fingerprint density at radius 1 is 1.57 bits per heavy atom. The summed E-state index contributed by atoms with van der Waals surface area (Å²) in [5, 5.41) is 9.28. The van der Waals surface area contributed by atoms with Gasteiger partial charge in [-0.2, -0.15) is 0 Å². The van der Waals surface area contributed by atoms with Crippen molar-refractivity contribution >= 4 is 5.97 Å². The zero-order valence-corrected chi connectivity index (χ0v) is 8.05. The van der Waals surface area contributed by atoms with Gasteiger partial charge in [0, 0.05) is 6.42 Å². The molecule has 4 atom stereocenters. The average Bonchev–Trinajstić information content (AvgIpc) is 2.70. The summed E-state index contributed by atoms with van der Waals surface area (Å²) < 4.78 is 10.6. The van der Waals surface area contributed by atoms with Crippen LogP contribution in [0.2, 0.25) is 0 Å². The van der Waals surface area contributed by atoms with Crippen molar-refractivity contribution in [3.8, 4) is 0 Å². The van der Waals surface area contributed by atoms with Gasteiger partial charge >= 0.3 is 5.97 Å². The molecule has 0 radical (unpaired) electrons. The van der Waals surface area contributed by atoms with Gasteiger partial charge < -0.3 is 14.6 Å². The number of hydrogen-bond donors (Lipinski definition) is 1. The second-order valence-electron chi connectivity index (χ2n) is 3.76. The highest BCUT2D eigenvalue weighted by Crippen LogP contribution is 2.25. The number of aliphatic hydroxyl groups is 1. The van der Waals surface area contributed by atoms with Gasteiger partial charge in [0.15, 0.2) is 0 Å². The Morgan fingerprint density at radius 2 is 2.36 bits per heavy atom. The largest absolute Gasteiger partial charge is 0.459 e. The first-order valence-corrected chi connectivity index (χ1v) is 4.88. The van der Waals surface area contributed by atoms with Gasteiger partial charge in [-0.3, -0.25) is 4.79 Å². The van der Waals surface area contributed by atoms with Crippen LogP contribution in [-0.2, 0) is 14.3 Å². The monoisotopic (exact) mass is 198 g/mol. The van der Waals surface area contributed by atoms with Crippen molar-refractivity contribution in [1.29, 1.82) is 0 Å². The molecule has 0 bridgehead atoms. The Hall–Kier alpha value is -0.870. The molecule has 0 aromatic carbocycles. The van der Waals surface area contributed by atoms with Gasteiger partial charge in [0.25, 0.3) is 0 Å². The van der Waals surface area contributed by atoms with Crippen molar-refractivity contribution < 1.29 is 19.4 Å². The highest BCUT2D eigenvalue weighted by atomic mass is 16.6. The van der Waals surface area contributed by atoms with E-state index in [0.717, 1.165) is 0 Å². The van der Waals surface area contributed by atoms with Gasteiger partial charge in [-0.15, -0.1) is 0 Å². The minimum atomic E-state index is -0.520. The number of carbonyl (C=O) groups is 1. The van der Waals surface area contributed by atoms with E-state index in [1.807, 2.05) is 12.2 Å². The van der Waals surface area contributed by atoms with Crippen LogP contribution in [0.5, 0.6) is 0 Å². The second-order valence-corrected chi connectivity index (χ2v) is 3.76. The predicted octanol–water partition coefficient (Wildman–Crippen LogP) is 0.396. The van der Waals surface area contributed by atoms with Crippen molar-refractivity contribution in [3.63, 3.8) is 0 Å². The quantitative estimate of drug-likeness (QED) is 0.515. The van der Waals surface area contributed by atoms with Crippen molar-refractivity contribution in [1.82, 2.24) is 0 Å². The highest BCUT2D eigenvalue weighted by molar-refractivity contribution is 5.71. The minimum absolute atomic E-state index is 0.160. The first-order valence-electron chi connectivity index (χ1n) is 4.88. The third-order valence-corrected chi connectivity index (χ3v) is 2.56. The molecule has 2 unspecified atom stereocenters. The van der Waals surface area contributed by atoms with E-state index >= 15 is 0 Å². The van der Waals surface area contributed by atoms with Gasteiger partial charge in [0.05, 0.1) is 6.10 Å². The number of cyclic esters (lactones) is 1. The molecule has 1 fully saturated rings. The molecule has 0 spiro atoms. The molecule has 0 saturated carbocycles. The van der Waals surface area contributed by atoms with E-state index in [4.69, 9.17) is 9.47 Å². The molecule has 14 heavy (non-hydrogen) atoms. The fourth-order valence-corrected chi connectivity index (χ4v) is 1.76. The second kappa shape index (κ2) is 3.71. The average molecular weight is 198 g/mol. The molecule has 0 amide bonds. The molecule has 0 aromatic rings. The maximum atomic E-state index is 10.9. The Bertz CT molecular complexity index is 259. The summed E-state index contributed by atoms with van der Waals surface area (Å²) in [4.78, 5) is 10.9. The lowest BCUT2D eigenvalue weighted by Gasteiger charge is -2.19. The summed E-state index contributed by atoms with van der Waals surface area (Å²) in [5.41, 5.74) is 0. The topological polar surface area (TPSA) is 55.8 Å². The van der Waals surface area contributed by atoms with Crippen LogP contribution in [0.25, 0.3) is 0 Å². The van der Waals surface area contributed by atoms with Crippen molar-refractivity contribution in [2.75, 3.05) is 0 Å². The molecule has 2 aliphatic rings. The fourth-order valence-electron chi connectivity index (χ4n) is 1.76. The van der Waals surface area contributed by atoms with Crippen molar-refractivity contribution in [3.05, 3.63) is 12.2 Å². The van der Waals surface area contributed by atoms with Crippen molar-refractivity contribution in [2.45, 2.75) is 44.2 Å². The third-order valence-electron chi connectivity index (χ3n) is 2.56. The number of rotatable bonds is 2. The van der Waals surface area contributed by atoms with Crippen LogP contribution in [0.1, 0.15) is 19.8 Å². The van der Waals surface area contributed by atoms with Gasteiger partial charge in [0.1, 0.15) is 18.3 Å². The van der Waals surface area contributed by atoms with Crippen LogP contribution in [0.3, 0.4) is 0 Å². The van der Waals surface area contributed by atoms with E-state index in [1.54, 1.807) is 6.92 Å². The Balaban J connectivity index is 1.90. The molecule has 2 heterocycles. The molecule has 78 valence electrons. The zero-order valence-electron chi connectivity index (χ0n) is 8.05. The zero-order chi connectivity index (χ0) is 10.1. The summed E-state index contributed by atoms with van der Waals surface area (Å²) in [6.07, 6.45) is 3.73. The summed E-state index contributed by atoms with van der Waals surface area (Å²) in [5.74, 6) is -0.160. The smallest absolute Gasteiger partial charge is 0.306 e. The molecule has 2 rings (SSSR count). The Labute approximate surface area is 82.5 Å². The Kier molecular flexibility index (Phi) is 2.56. The standard InChI is InChI=1S/C10H14O4/c1-6(11)7-2-3-8(13-7)9-4-5-10(12)14-9/h2-3,6-9,11H,4-5H2,1H3/t6?,7-,8+,9?/m1/s1. The van der Waals surface area contributed by atoms with Crippen molar-refractivity contribution in [2.24, 2.45) is 0 Å². The molecule has 0 aromatic heterocycles. The molecular weight excluding hydrogens is 184 g/mol. The highest BCUT2D eigenvalue weighted by Gasteiger charge is 2.35. The van der Waals surface area contributed by atoms with E-state index < -0.39 is 6.10 Å². The molecular formula is C10H14O4. The number of esters is 1.